The summed E-state index contributed by atoms with van der Waals surface area (Å²) in [7, 11) is 1.73. The fraction of sp³-hybridized carbons (Fsp3) is 0.500. The Labute approximate surface area is 94.6 Å². The van der Waals surface area contributed by atoms with Crippen molar-refractivity contribution in [3.63, 3.8) is 0 Å². The first-order chi connectivity index (χ1) is 6.81. The van der Waals surface area contributed by atoms with Gasteiger partial charge in [-0.1, -0.05) is 47.5 Å². The Morgan fingerprint density at radius 3 is 2.64 bits per heavy atom. The first kappa shape index (κ1) is 11.6. The minimum Gasteiger partial charge on any atom is -0.496 e. The second-order valence-corrected chi connectivity index (χ2v) is 4.09. The number of ether oxygens (including phenoxy) is 1. The first-order valence-electron chi connectivity index (χ1n) is 4.99. The fourth-order valence-electron chi connectivity index (χ4n) is 1.49. The minimum absolute atomic E-state index is 0.700. The average Bonchev–Trinajstić information content (AvgIpc) is 2.26. The molecule has 0 saturated carbocycles. The van der Waals surface area contributed by atoms with Gasteiger partial charge in [-0.3, -0.25) is 0 Å². The van der Waals surface area contributed by atoms with E-state index in [0.717, 1.165) is 17.5 Å². The van der Waals surface area contributed by atoms with Crippen molar-refractivity contribution in [2.75, 3.05) is 12.4 Å². The molecular weight excluding hydrogens is 240 g/mol. The Bertz CT molecular complexity index is 269. The maximum Gasteiger partial charge on any atom is 0.122 e. The zero-order valence-electron chi connectivity index (χ0n) is 8.79. The molecule has 0 N–H and O–H groups in total. The molecule has 0 saturated heterocycles. The molecule has 0 spiro atoms. The number of methoxy groups -OCH3 is 1. The Kier molecular flexibility index (Phi) is 5.02. The molecule has 14 heavy (non-hydrogen) atoms. The van der Waals surface area contributed by atoms with Gasteiger partial charge in [-0.2, -0.15) is 0 Å². The van der Waals surface area contributed by atoms with Crippen LogP contribution in [0, 0.1) is 5.92 Å². The molecule has 1 aromatic carbocycles. The predicted octanol–water partition coefficient (Wildman–Crippen LogP) is 3.66. The summed E-state index contributed by atoms with van der Waals surface area (Å²) in [6, 6.07) is 8.25. The summed E-state index contributed by atoms with van der Waals surface area (Å²) in [4.78, 5) is 0. The summed E-state index contributed by atoms with van der Waals surface area (Å²) in [6.45, 7) is 2.22. The normalized spacial score (nSPS) is 12.5. The van der Waals surface area contributed by atoms with Gasteiger partial charge in [0.1, 0.15) is 5.75 Å². The molecule has 0 aliphatic heterocycles. The number of para-hydroxylation sites is 1. The Morgan fingerprint density at radius 1 is 1.36 bits per heavy atom. The van der Waals surface area contributed by atoms with Crippen molar-refractivity contribution in [3.05, 3.63) is 29.8 Å². The highest BCUT2D eigenvalue weighted by Crippen LogP contribution is 2.22. The van der Waals surface area contributed by atoms with Crippen molar-refractivity contribution >= 4 is 15.9 Å². The van der Waals surface area contributed by atoms with E-state index >= 15 is 0 Å². The average molecular weight is 257 g/mol. The minimum atomic E-state index is 0.700. The lowest BCUT2D eigenvalue weighted by Gasteiger charge is -2.13. The van der Waals surface area contributed by atoms with E-state index in [-0.39, 0.29) is 0 Å². The van der Waals surface area contributed by atoms with Crippen molar-refractivity contribution < 1.29 is 4.74 Å². The third-order valence-corrected chi connectivity index (χ3v) is 3.41. The van der Waals surface area contributed by atoms with Crippen LogP contribution in [0.2, 0.25) is 0 Å². The zero-order chi connectivity index (χ0) is 10.4. The van der Waals surface area contributed by atoms with Crippen LogP contribution in [0.4, 0.5) is 0 Å². The van der Waals surface area contributed by atoms with Gasteiger partial charge < -0.3 is 4.74 Å². The lowest BCUT2D eigenvalue weighted by atomic mass is 9.98. The number of halogens is 1. The molecule has 78 valence electrons. The monoisotopic (exact) mass is 256 g/mol. The van der Waals surface area contributed by atoms with E-state index in [2.05, 4.69) is 35.0 Å². The van der Waals surface area contributed by atoms with E-state index in [4.69, 9.17) is 4.74 Å². The summed E-state index contributed by atoms with van der Waals surface area (Å²) in [5.74, 6) is 1.71. The van der Waals surface area contributed by atoms with Crippen LogP contribution in [0.15, 0.2) is 24.3 Å². The Balaban J connectivity index is 2.74. The Morgan fingerprint density at radius 2 is 2.07 bits per heavy atom. The van der Waals surface area contributed by atoms with E-state index in [0.29, 0.717) is 5.92 Å². The molecule has 1 aromatic rings. The Hall–Kier alpha value is -0.500. The smallest absolute Gasteiger partial charge is 0.122 e. The van der Waals surface area contributed by atoms with Gasteiger partial charge in [-0.15, -0.1) is 0 Å². The number of rotatable bonds is 5. The van der Waals surface area contributed by atoms with Crippen LogP contribution >= 0.6 is 15.9 Å². The molecule has 0 aromatic heterocycles. The molecule has 0 bridgehead atoms. The predicted molar refractivity (Wildman–Crippen MR) is 64.3 cm³/mol. The van der Waals surface area contributed by atoms with Crippen molar-refractivity contribution in [2.45, 2.75) is 19.8 Å². The number of hydrogen-bond acceptors (Lipinski definition) is 1. The summed E-state index contributed by atoms with van der Waals surface area (Å²) in [5, 5.41) is 1.06. The van der Waals surface area contributed by atoms with Gasteiger partial charge in [-0.25, -0.2) is 0 Å². The third-order valence-electron chi connectivity index (χ3n) is 2.50. The summed E-state index contributed by atoms with van der Waals surface area (Å²) in [5.41, 5.74) is 1.31. The summed E-state index contributed by atoms with van der Waals surface area (Å²) in [6.07, 6.45) is 2.29. The lowest BCUT2D eigenvalue weighted by molar-refractivity contribution is 0.405. The van der Waals surface area contributed by atoms with Crippen LogP contribution in [-0.2, 0) is 6.42 Å². The van der Waals surface area contributed by atoms with Crippen molar-refractivity contribution in [1.29, 1.82) is 0 Å². The first-order valence-corrected chi connectivity index (χ1v) is 6.11. The molecule has 0 radical (unpaired) electrons. The van der Waals surface area contributed by atoms with Crippen LogP contribution in [0.25, 0.3) is 0 Å². The van der Waals surface area contributed by atoms with Crippen LogP contribution in [0.1, 0.15) is 18.9 Å². The van der Waals surface area contributed by atoms with Crippen LogP contribution < -0.4 is 4.74 Å². The molecule has 1 rings (SSSR count). The highest BCUT2D eigenvalue weighted by Gasteiger charge is 2.08. The van der Waals surface area contributed by atoms with E-state index in [1.807, 2.05) is 12.1 Å². The molecule has 2 heteroatoms. The third kappa shape index (κ3) is 3.02. The van der Waals surface area contributed by atoms with Crippen LogP contribution in [0.3, 0.4) is 0 Å². The molecule has 0 amide bonds. The lowest BCUT2D eigenvalue weighted by Crippen LogP contribution is -2.05. The van der Waals surface area contributed by atoms with E-state index in [9.17, 15) is 0 Å². The number of benzene rings is 1. The van der Waals surface area contributed by atoms with Crippen LogP contribution in [0.5, 0.6) is 5.75 Å². The standard InChI is InChI=1S/C12H17BrO/c1-3-10(9-13)8-11-6-4-5-7-12(11)14-2/h4-7,10H,3,8-9H2,1-2H3. The van der Waals surface area contributed by atoms with Crippen molar-refractivity contribution in [3.8, 4) is 5.75 Å². The van der Waals surface area contributed by atoms with Gasteiger partial charge in [0.15, 0.2) is 0 Å². The molecule has 0 aliphatic rings. The van der Waals surface area contributed by atoms with E-state index < -0.39 is 0 Å². The molecule has 1 unspecified atom stereocenters. The second kappa shape index (κ2) is 6.07. The second-order valence-electron chi connectivity index (χ2n) is 3.44. The molecule has 0 aliphatic carbocycles. The van der Waals surface area contributed by atoms with Gasteiger partial charge >= 0.3 is 0 Å². The van der Waals surface area contributed by atoms with Gasteiger partial charge in [0, 0.05) is 5.33 Å². The maximum atomic E-state index is 5.32. The fourth-order valence-corrected chi connectivity index (χ4v) is 2.18. The highest BCUT2D eigenvalue weighted by atomic mass is 79.9. The van der Waals surface area contributed by atoms with E-state index in [1.165, 1.54) is 12.0 Å². The SMILES string of the molecule is CCC(CBr)Cc1ccccc1OC. The molecule has 0 fully saturated rings. The molecule has 0 heterocycles. The zero-order valence-corrected chi connectivity index (χ0v) is 10.4. The number of alkyl halides is 1. The summed E-state index contributed by atoms with van der Waals surface area (Å²) >= 11 is 3.54. The van der Waals surface area contributed by atoms with Crippen LogP contribution in [-0.4, -0.2) is 12.4 Å². The largest absolute Gasteiger partial charge is 0.496 e. The van der Waals surface area contributed by atoms with Gasteiger partial charge in [-0.05, 0) is 24.0 Å². The molecule has 1 nitrogen and oxygen atoms in total. The number of hydrogen-bond donors (Lipinski definition) is 0. The van der Waals surface area contributed by atoms with Gasteiger partial charge in [0.25, 0.3) is 0 Å². The van der Waals surface area contributed by atoms with Crippen molar-refractivity contribution in [1.82, 2.24) is 0 Å². The topological polar surface area (TPSA) is 9.23 Å². The van der Waals surface area contributed by atoms with Crippen molar-refractivity contribution in [2.24, 2.45) is 5.92 Å². The molecular formula is C12H17BrO. The maximum absolute atomic E-state index is 5.32. The summed E-state index contributed by atoms with van der Waals surface area (Å²) < 4.78 is 5.32. The van der Waals surface area contributed by atoms with Gasteiger partial charge in [0.2, 0.25) is 0 Å². The van der Waals surface area contributed by atoms with E-state index in [1.54, 1.807) is 7.11 Å². The quantitative estimate of drug-likeness (QED) is 0.731. The molecule has 1 atom stereocenters. The van der Waals surface area contributed by atoms with Gasteiger partial charge in [0.05, 0.1) is 7.11 Å². The highest BCUT2D eigenvalue weighted by molar-refractivity contribution is 9.09.